The second kappa shape index (κ2) is 8.71. The molecule has 1 aromatic heterocycles. The third-order valence-electron chi connectivity index (χ3n) is 5.41. The fourth-order valence-electron chi connectivity index (χ4n) is 3.89. The van der Waals surface area contributed by atoms with E-state index in [2.05, 4.69) is 20.2 Å². The van der Waals surface area contributed by atoms with Gasteiger partial charge < -0.3 is 15.3 Å². The van der Waals surface area contributed by atoms with Crippen LogP contribution >= 0.6 is 0 Å². The first-order chi connectivity index (χ1) is 15.3. The smallest absolute Gasteiger partial charge is 0.381 e. The lowest BCUT2D eigenvalue weighted by molar-refractivity contribution is -0.261. The zero-order chi connectivity index (χ0) is 24.6. The number of fused-ring (bicyclic) bond motifs is 1. The number of hydrogen-bond donors (Lipinski definition) is 3. The molecule has 1 unspecified atom stereocenters. The van der Waals surface area contributed by atoms with E-state index in [9.17, 15) is 27.1 Å². The molecule has 178 valence electrons. The molecule has 33 heavy (non-hydrogen) atoms. The Morgan fingerprint density at radius 2 is 1.76 bits per heavy atom. The molecule has 6 nitrogen and oxygen atoms in total. The molecule has 0 saturated carbocycles. The van der Waals surface area contributed by atoms with Crippen LogP contribution in [0.2, 0.25) is 0 Å². The molecule has 0 spiro atoms. The van der Waals surface area contributed by atoms with Crippen molar-refractivity contribution >= 4 is 16.6 Å². The van der Waals surface area contributed by atoms with Crippen LogP contribution in [0.5, 0.6) is 5.75 Å². The third kappa shape index (κ3) is 4.83. The van der Waals surface area contributed by atoms with Gasteiger partial charge in [-0.3, -0.25) is 0 Å². The number of halogens is 5. The second-order valence-electron chi connectivity index (χ2n) is 8.42. The molecule has 11 heteroatoms. The number of aliphatic hydroxyl groups is 1. The van der Waals surface area contributed by atoms with Crippen LogP contribution in [0, 0.1) is 18.6 Å². The number of aromatic nitrogens is 2. The second-order valence-corrected chi connectivity index (χ2v) is 8.42. The highest BCUT2D eigenvalue weighted by Gasteiger charge is 2.56. The zero-order valence-corrected chi connectivity index (χ0v) is 18.0. The summed E-state index contributed by atoms with van der Waals surface area (Å²) in [5, 5.41) is 22.4. The first-order valence-electron chi connectivity index (χ1n) is 9.84. The quantitative estimate of drug-likeness (QED) is 0.251. The molecule has 0 fully saturated rings. The molecule has 1 heterocycles. The molecule has 0 radical (unpaired) electrons. The predicted molar refractivity (Wildman–Crippen MR) is 111 cm³/mol. The van der Waals surface area contributed by atoms with Crippen LogP contribution in [0.25, 0.3) is 10.9 Å². The molecule has 0 aliphatic heterocycles. The van der Waals surface area contributed by atoms with Crippen molar-refractivity contribution in [3.63, 3.8) is 0 Å². The normalized spacial score (nSPS) is 14.2. The van der Waals surface area contributed by atoms with Crippen LogP contribution in [0.15, 0.2) is 36.5 Å². The van der Waals surface area contributed by atoms with Crippen LogP contribution in [-0.4, -0.2) is 38.7 Å². The Balaban J connectivity index is 1.97. The summed E-state index contributed by atoms with van der Waals surface area (Å²) in [6.07, 6.45) is -4.84. The van der Waals surface area contributed by atoms with Gasteiger partial charge in [0.05, 0.1) is 6.54 Å². The van der Waals surface area contributed by atoms with Crippen LogP contribution in [0.4, 0.5) is 27.6 Å². The fraction of sp³-hybridized carbons (Fsp3) is 0.364. The molecule has 0 bridgehead atoms. The number of alkyl halides is 3. The monoisotopic (exact) mass is 471 g/mol. The van der Waals surface area contributed by atoms with E-state index in [0.29, 0.717) is 0 Å². The topological polar surface area (TPSA) is 87.5 Å². The van der Waals surface area contributed by atoms with Crippen LogP contribution in [-0.2, 0) is 5.41 Å². The van der Waals surface area contributed by atoms with Crippen molar-refractivity contribution in [2.45, 2.75) is 44.4 Å². The Labute approximate surface area is 186 Å². The SMILES string of the molecule is Cc1ncc2c(NCC(O)(CC(C)(C)c3c(F)cccc3OO)C(F)(F)F)ccc(F)c2n1. The van der Waals surface area contributed by atoms with Crippen molar-refractivity contribution < 1.29 is 37.2 Å². The minimum Gasteiger partial charge on any atom is -0.381 e. The molecular weight excluding hydrogens is 449 g/mol. The maximum Gasteiger partial charge on any atom is 0.418 e. The fourth-order valence-corrected chi connectivity index (χ4v) is 3.89. The largest absolute Gasteiger partial charge is 0.418 e. The van der Waals surface area contributed by atoms with Crippen molar-refractivity contribution in [2.75, 3.05) is 11.9 Å². The molecule has 0 amide bonds. The number of nitrogens with one attached hydrogen (secondary N) is 1. The van der Waals surface area contributed by atoms with Gasteiger partial charge in [0.1, 0.15) is 23.0 Å². The third-order valence-corrected chi connectivity index (χ3v) is 5.41. The van der Waals surface area contributed by atoms with Crippen molar-refractivity contribution in [2.24, 2.45) is 0 Å². The lowest BCUT2D eigenvalue weighted by Gasteiger charge is -2.38. The summed E-state index contributed by atoms with van der Waals surface area (Å²) in [5.41, 5.74) is -5.29. The first kappa shape index (κ1) is 24.6. The number of nitrogens with zero attached hydrogens (tertiary/aromatic N) is 2. The Morgan fingerprint density at radius 3 is 2.39 bits per heavy atom. The van der Waals surface area contributed by atoms with E-state index in [1.54, 1.807) is 0 Å². The van der Waals surface area contributed by atoms with E-state index in [0.717, 1.165) is 12.1 Å². The van der Waals surface area contributed by atoms with Gasteiger partial charge in [-0.1, -0.05) is 19.9 Å². The zero-order valence-electron chi connectivity index (χ0n) is 18.0. The molecule has 2 aromatic carbocycles. The first-order valence-corrected chi connectivity index (χ1v) is 9.84. The Morgan fingerprint density at radius 1 is 1.06 bits per heavy atom. The molecule has 0 saturated heterocycles. The average Bonchev–Trinajstić information content (AvgIpc) is 2.72. The van der Waals surface area contributed by atoms with Crippen molar-refractivity contribution in [3.05, 3.63) is 59.6 Å². The Bertz CT molecular complexity index is 1170. The molecular formula is C22H22F5N3O3. The highest BCUT2D eigenvalue weighted by Crippen LogP contribution is 2.44. The molecule has 1 atom stereocenters. The number of benzene rings is 2. The van der Waals surface area contributed by atoms with Gasteiger partial charge in [-0.15, -0.1) is 0 Å². The van der Waals surface area contributed by atoms with Crippen LogP contribution < -0.4 is 10.2 Å². The molecule has 0 aliphatic carbocycles. The summed E-state index contributed by atoms with van der Waals surface area (Å²) >= 11 is 0. The summed E-state index contributed by atoms with van der Waals surface area (Å²) in [6, 6.07) is 5.68. The number of hydrogen-bond acceptors (Lipinski definition) is 6. The summed E-state index contributed by atoms with van der Waals surface area (Å²) < 4.78 is 70.6. The lowest BCUT2D eigenvalue weighted by Crippen LogP contribution is -2.54. The van der Waals surface area contributed by atoms with Gasteiger partial charge in [-0.2, -0.15) is 13.2 Å². The molecule has 3 aromatic rings. The van der Waals surface area contributed by atoms with E-state index >= 15 is 0 Å². The van der Waals surface area contributed by atoms with Crippen molar-refractivity contribution in [1.82, 2.24) is 9.97 Å². The van der Waals surface area contributed by atoms with Crippen LogP contribution in [0.3, 0.4) is 0 Å². The maximum absolute atomic E-state index is 14.5. The van der Waals surface area contributed by atoms with Gasteiger partial charge >= 0.3 is 6.18 Å². The number of anilines is 1. The number of rotatable bonds is 7. The highest BCUT2D eigenvalue weighted by molar-refractivity contribution is 5.91. The van der Waals surface area contributed by atoms with Gasteiger partial charge in [0.15, 0.2) is 11.4 Å². The van der Waals surface area contributed by atoms with Crippen LogP contribution in [0.1, 0.15) is 31.7 Å². The maximum atomic E-state index is 14.5. The molecule has 0 aliphatic rings. The van der Waals surface area contributed by atoms with E-state index in [-0.39, 0.29) is 33.7 Å². The predicted octanol–water partition coefficient (Wildman–Crippen LogP) is 5.14. The minimum atomic E-state index is -5.12. The van der Waals surface area contributed by atoms with E-state index in [1.807, 2.05) is 0 Å². The Kier molecular flexibility index (Phi) is 6.49. The molecule has 3 rings (SSSR count). The summed E-state index contributed by atoms with van der Waals surface area (Å²) in [7, 11) is 0. The number of aryl methyl sites for hydroxylation is 1. The van der Waals surface area contributed by atoms with E-state index < -0.39 is 41.8 Å². The van der Waals surface area contributed by atoms with E-state index in [4.69, 9.17) is 5.26 Å². The minimum absolute atomic E-state index is 0.0807. The highest BCUT2D eigenvalue weighted by atomic mass is 19.4. The summed E-state index contributed by atoms with van der Waals surface area (Å²) in [4.78, 5) is 12.1. The van der Waals surface area contributed by atoms with Gasteiger partial charge in [-0.25, -0.2) is 24.0 Å². The van der Waals surface area contributed by atoms with Crippen molar-refractivity contribution in [3.8, 4) is 5.75 Å². The lowest BCUT2D eigenvalue weighted by atomic mass is 9.74. The summed E-state index contributed by atoms with van der Waals surface area (Å²) in [6.45, 7) is 3.08. The van der Waals surface area contributed by atoms with Crippen molar-refractivity contribution in [1.29, 1.82) is 0 Å². The van der Waals surface area contributed by atoms with Gasteiger partial charge in [0.2, 0.25) is 0 Å². The molecule has 3 N–H and O–H groups in total. The van der Waals surface area contributed by atoms with Gasteiger partial charge in [0.25, 0.3) is 0 Å². The summed E-state index contributed by atoms with van der Waals surface area (Å²) in [5.74, 6) is -1.67. The Hall–Kier alpha value is -3.05. The van der Waals surface area contributed by atoms with Gasteiger partial charge in [-0.05, 0) is 43.0 Å². The van der Waals surface area contributed by atoms with E-state index in [1.165, 1.54) is 45.2 Å². The standard InChI is InChI=1S/C22H22F5N3O3/c1-12-28-9-13-16(8-7-15(24)19(13)30-12)29-11-21(31,22(25,26)27)10-20(2,3)18-14(23)5-4-6-17(18)33-32/h4-9,29,31-32H,10-11H2,1-3H3. The average molecular weight is 471 g/mol. The van der Waals surface area contributed by atoms with Gasteiger partial charge in [0, 0.05) is 22.8 Å².